The van der Waals surface area contributed by atoms with Crippen molar-refractivity contribution in [3.63, 3.8) is 0 Å². The predicted octanol–water partition coefficient (Wildman–Crippen LogP) is 4.07. The van der Waals surface area contributed by atoms with Crippen molar-refractivity contribution in [2.45, 2.75) is 12.8 Å². The van der Waals surface area contributed by atoms with Gasteiger partial charge < -0.3 is 4.74 Å². The SMILES string of the molecule is O=C(CCCOc1cccc(F)c1F)c1cccs1. The lowest BCUT2D eigenvalue weighted by molar-refractivity contribution is 0.0977. The van der Waals surface area contributed by atoms with Crippen LogP contribution in [0.15, 0.2) is 35.7 Å². The molecule has 0 saturated carbocycles. The lowest BCUT2D eigenvalue weighted by atomic mass is 10.2. The van der Waals surface area contributed by atoms with Crippen molar-refractivity contribution in [1.82, 2.24) is 0 Å². The number of benzene rings is 1. The fourth-order valence-electron chi connectivity index (χ4n) is 1.57. The zero-order valence-electron chi connectivity index (χ0n) is 10.1. The monoisotopic (exact) mass is 282 g/mol. The zero-order chi connectivity index (χ0) is 13.7. The number of ether oxygens (including phenoxy) is 1. The van der Waals surface area contributed by atoms with E-state index >= 15 is 0 Å². The van der Waals surface area contributed by atoms with Gasteiger partial charge in [-0.2, -0.15) is 4.39 Å². The first kappa shape index (κ1) is 13.7. The Bertz CT molecular complexity index is 553. The molecule has 0 N–H and O–H groups in total. The minimum atomic E-state index is -0.993. The van der Waals surface area contributed by atoms with Gasteiger partial charge in [0.2, 0.25) is 5.82 Å². The molecule has 0 bridgehead atoms. The molecule has 0 aliphatic heterocycles. The van der Waals surface area contributed by atoms with E-state index in [0.717, 1.165) is 6.07 Å². The molecule has 0 unspecified atom stereocenters. The smallest absolute Gasteiger partial charge is 0.200 e. The van der Waals surface area contributed by atoms with Crippen LogP contribution in [0.4, 0.5) is 8.78 Å². The first-order valence-corrected chi connectivity index (χ1v) is 6.70. The molecule has 100 valence electrons. The van der Waals surface area contributed by atoms with Crippen molar-refractivity contribution in [3.8, 4) is 5.75 Å². The van der Waals surface area contributed by atoms with Gasteiger partial charge in [-0.1, -0.05) is 12.1 Å². The Kier molecular flexibility index (Phi) is 4.63. The summed E-state index contributed by atoms with van der Waals surface area (Å²) >= 11 is 1.39. The molecule has 2 rings (SSSR count). The van der Waals surface area contributed by atoms with Gasteiger partial charge in [-0.15, -0.1) is 11.3 Å². The standard InChI is InChI=1S/C14H12F2O2S/c15-10-4-1-6-12(14(10)16)18-8-2-5-11(17)13-7-3-9-19-13/h1,3-4,6-7,9H,2,5,8H2. The third kappa shape index (κ3) is 3.61. The second kappa shape index (κ2) is 6.43. The Morgan fingerprint density at radius 2 is 2.05 bits per heavy atom. The Morgan fingerprint density at radius 3 is 2.79 bits per heavy atom. The summed E-state index contributed by atoms with van der Waals surface area (Å²) < 4.78 is 31.3. The second-order valence-electron chi connectivity index (χ2n) is 3.90. The number of hydrogen-bond acceptors (Lipinski definition) is 3. The van der Waals surface area contributed by atoms with Crippen LogP contribution in [0.1, 0.15) is 22.5 Å². The van der Waals surface area contributed by atoms with Gasteiger partial charge in [0.25, 0.3) is 0 Å². The van der Waals surface area contributed by atoms with Crippen molar-refractivity contribution >= 4 is 17.1 Å². The summed E-state index contributed by atoms with van der Waals surface area (Å²) in [6, 6.07) is 7.35. The highest BCUT2D eigenvalue weighted by Crippen LogP contribution is 2.19. The highest BCUT2D eigenvalue weighted by atomic mass is 32.1. The summed E-state index contributed by atoms with van der Waals surface area (Å²) in [6.45, 7) is 0.178. The molecular weight excluding hydrogens is 270 g/mol. The quantitative estimate of drug-likeness (QED) is 0.589. The highest BCUT2D eigenvalue weighted by Gasteiger charge is 2.09. The number of thiophene rings is 1. The molecule has 19 heavy (non-hydrogen) atoms. The molecule has 0 aliphatic rings. The molecular formula is C14H12F2O2S. The molecule has 0 saturated heterocycles. The van der Waals surface area contributed by atoms with Crippen LogP contribution in [-0.4, -0.2) is 12.4 Å². The molecule has 0 aliphatic carbocycles. The Hall–Kier alpha value is -1.75. The van der Waals surface area contributed by atoms with E-state index in [1.54, 1.807) is 6.07 Å². The number of ketones is 1. The Labute approximate surface area is 113 Å². The average molecular weight is 282 g/mol. The van der Waals surface area contributed by atoms with Crippen LogP contribution >= 0.6 is 11.3 Å². The third-order valence-electron chi connectivity index (χ3n) is 2.52. The summed E-state index contributed by atoms with van der Waals surface area (Å²) in [7, 11) is 0. The maximum atomic E-state index is 13.2. The number of carbonyl (C=O) groups is 1. The largest absolute Gasteiger partial charge is 0.490 e. The number of rotatable bonds is 6. The molecule has 1 heterocycles. The van der Waals surface area contributed by atoms with Gasteiger partial charge in [0, 0.05) is 6.42 Å². The van der Waals surface area contributed by atoms with Gasteiger partial charge in [0.15, 0.2) is 17.3 Å². The van der Waals surface area contributed by atoms with Gasteiger partial charge in [0.05, 0.1) is 11.5 Å². The van der Waals surface area contributed by atoms with E-state index in [-0.39, 0.29) is 18.1 Å². The Balaban J connectivity index is 1.78. The first-order valence-electron chi connectivity index (χ1n) is 5.82. The van der Waals surface area contributed by atoms with Crippen LogP contribution in [0.3, 0.4) is 0 Å². The number of halogens is 2. The fourth-order valence-corrected chi connectivity index (χ4v) is 2.27. The number of Topliss-reactive ketones (excluding diaryl/α,β-unsaturated/α-hetero) is 1. The highest BCUT2D eigenvalue weighted by molar-refractivity contribution is 7.12. The molecule has 0 fully saturated rings. The van der Waals surface area contributed by atoms with E-state index in [4.69, 9.17) is 4.74 Å². The number of hydrogen-bond donors (Lipinski definition) is 0. The van der Waals surface area contributed by atoms with Crippen molar-refractivity contribution in [1.29, 1.82) is 0 Å². The van der Waals surface area contributed by atoms with Crippen LogP contribution in [0.2, 0.25) is 0 Å². The van der Waals surface area contributed by atoms with E-state index in [2.05, 4.69) is 0 Å². The molecule has 0 spiro atoms. The lowest BCUT2D eigenvalue weighted by Gasteiger charge is -2.06. The summed E-state index contributed by atoms with van der Waals surface area (Å²) in [5.41, 5.74) is 0. The molecule has 0 amide bonds. The molecule has 0 atom stereocenters. The fraction of sp³-hybridized carbons (Fsp3) is 0.214. The van der Waals surface area contributed by atoms with Crippen molar-refractivity contribution in [2.24, 2.45) is 0 Å². The van der Waals surface area contributed by atoms with Crippen molar-refractivity contribution in [3.05, 3.63) is 52.2 Å². The van der Waals surface area contributed by atoms with Gasteiger partial charge in [-0.05, 0) is 30.0 Å². The zero-order valence-corrected chi connectivity index (χ0v) is 10.9. The van der Waals surface area contributed by atoms with Gasteiger partial charge in [-0.3, -0.25) is 4.79 Å². The van der Waals surface area contributed by atoms with E-state index < -0.39 is 11.6 Å². The van der Waals surface area contributed by atoms with E-state index in [1.807, 2.05) is 11.4 Å². The summed E-state index contributed by atoms with van der Waals surface area (Å²) in [4.78, 5) is 12.4. The van der Waals surface area contributed by atoms with Crippen molar-refractivity contribution < 1.29 is 18.3 Å². The molecule has 2 aromatic rings. The molecule has 0 radical (unpaired) electrons. The van der Waals surface area contributed by atoms with Crippen LogP contribution in [0.25, 0.3) is 0 Å². The number of carbonyl (C=O) groups excluding carboxylic acids is 1. The molecule has 1 aromatic carbocycles. The van der Waals surface area contributed by atoms with Crippen molar-refractivity contribution in [2.75, 3.05) is 6.61 Å². The normalized spacial score (nSPS) is 10.4. The predicted molar refractivity (Wildman–Crippen MR) is 69.7 cm³/mol. The molecule has 5 heteroatoms. The first-order chi connectivity index (χ1) is 9.18. The van der Waals surface area contributed by atoms with Crippen LogP contribution < -0.4 is 4.74 Å². The van der Waals surface area contributed by atoms with Gasteiger partial charge >= 0.3 is 0 Å². The molecule has 2 nitrogen and oxygen atoms in total. The Morgan fingerprint density at radius 1 is 1.21 bits per heavy atom. The summed E-state index contributed by atoms with van der Waals surface area (Å²) in [5, 5.41) is 1.84. The maximum Gasteiger partial charge on any atom is 0.200 e. The maximum absolute atomic E-state index is 13.2. The van der Waals surface area contributed by atoms with Crippen LogP contribution in [0.5, 0.6) is 5.75 Å². The topological polar surface area (TPSA) is 26.3 Å². The summed E-state index contributed by atoms with van der Waals surface area (Å²) in [6.07, 6.45) is 0.796. The van der Waals surface area contributed by atoms with E-state index in [1.165, 1.54) is 23.5 Å². The van der Waals surface area contributed by atoms with E-state index in [9.17, 15) is 13.6 Å². The summed E-state index contributed by atoms with van der Waals surface area (Å²) in [5.74, 6) is -2.01. The second-order valence-corrected chi connectivity index (χ2v) is 4.85. The molecule has 1 aromatic heterocycles. The third-order valence-corrected chi connectivity index (χ3v) is 3.43. The minimum Gasteiger partial charge on any atom is -0.490 e. The van der Waals surface area contributed by atoms with Crippen LogP contribution in [0, 0.1) is 11.6 Å². The lowest BCUT2D eigenvalue weighted by Crippen LogP contribution is -2.04. The van der Waals surface area contributed by atoms with Gasteiger partial charge in [-0.25, -0.2) is 4.39 Å². The van der Waals surface area contributed by atoms with E-state index in [0.29, 0.717) is 17.7 Å². The minimum absolute atomic E-state index is 0.0401. The van der Waals surface area contributed by atoms with Gasteiger partial charge in [0.1, 0.15) is 0 Å². The van der Waals surface area contributed by atoms with Crippen LogP contribution in [-0.2, 0) is 0 Å². The average Bonchev–Trinajstić information content (AvgIpc) is 2.93.